The molecule has 0 aliphatic heterocycles. The van der Waals surface area contributed by atoms with Crippen molar-refractivity contribution >= 4 is 29.0 Å². The zero-order valence-electron chi connectivity index (χ0n) is 15.2. The van der Waals surface area contributed by atoms with Crippen LogP contribution in [0.2, 0.25) is 5.02 Å². The van der Waals surface area contributed by atoms with E-state index in [9.17, 15) is 4.79 Å². The van der Waals surface area contributed by atoms with Crippen LogP contribution in [0.15, 0.2) is 85.7 Å². The predicted octanol–water partition coefficient (Wildman–Crippen LogP) is 5.20. The molecule has 140 valence electrons. The number of hydrogen-bond donors (Lipinski definition) is 2. The van der Waals surface area contributed by atoms with Gasteiger partial charge in [-0.15, -0.1) is 0 Å². The van der Waals surface area contributed by atoms with E-state index in [4.69, 9.17) is 11.6 Å². The van der Waals surface area contributed by atoms with Gasteiger partial charge in [0.1, 0.15) is 5.82 Å². The van der Waals surface area contributed by atoms with E-state index >= 15 is 0 Å². The third kappa shape index (κ3) is 4.84. The Morgan fingerprint density at radius 1 is 1.14 bits per heavy atom. The van der Waals surface area contributed by atoms with Crippen LogP contribution in [0, 0.1) is 0 Å². The molecule has 2 heterocycles. The van der Waals surface area contributed by atoms with Crippen molar-refractivity contribution in [1.29, 1.82) is 0 Å². The molecule has 6 heteroatoms. The zero-order chi connectivity index (χ0) is 19.9. The second-order valence-corrected chi connectivity index (χ2v) is 6.42. The zero-order valence-corrected chi connectivity index (χ0v) is 15.9. The van der Waals surface area contributed by atoms with E-state index in [0.717, 1.165) is 16.8 Å². The number of halogens is 1. The molecule has 0 saturated carbocycles. The first-order valence-electron chi connectivity index (χ1n) is 8.59. The van der Waals surface area contributed by atoms with Crippen LogP contribution in [0.3, 0.4) is 0 Å². The molecule has 0 spiro atoms. The molecular weight excluding hydrogens is 372 g/mol. The van der Waals surface area contributed by atoms with E-state index in [-0.39, 0.29) is 5.91 Å². The number of amides is 1. The summed E-state index contributed by atoms with van der Waals surface area (Å²) < 4.78 is 0. The number of carbonyl (C=O) groups excluding carboxylic acids is 1. The number of anilines is 2. The van der Waals surface area contributed by atoms with Crippen molar-refractivity contribution < 1.29 is 4.79 Å². The van der Waals surface area contributed by atoms with Crippen molar-refractivity contribution in [1.82, 2.24) is 9.97 Å². The van der Waals surface area contributed by atoms with Gasteiger partial charge < -0.3 is 10.6 Å². The molecule has 0 bridgehead atoms. The van der Waals surface area contributed by atoms with Crippen molar-refractivity contribution in [3.8, 4) is 11.3 Å². The van der Waals surface area contributed by atoms with Crippen LogP contribution in [0.4, 0.5) is 11.5 Å². The van der Waals surface area contributed by atoms with Crippen molar-refractivity contribution in [2.75, 3.05) is 17.2 Å². The fraction of sp³-hybridized carbons (Fsp3) is 0.0455. The summed E-state index contributed by atoms with van der Waals surface area (Å²) in [6.45, 7) is 8.03. The third-order valence-corrected chi connectivity index (χ3v) is 4.31. The molecule has 1 amide bonds. The van der Waals surface area contributed by atoms with Crippen LogP contribution in [0.5, 0.6) is 0 Å². The van der Waals surface area contributed by atoms with E-state index in [1.165, 1.54) is 6.20 Å². The predicted molar refractivity (Wildman–Crippen MR) is 115 cm³/mol. The average molecular weight is 391 g/mol. The molecule has 2 N–H and O–H groups in total. The number of aromatic nitrogens is 2. The lowest BCUT2D eigenvalue weighted by Gasteiger charge is -2.10. The minimum atomic E-state index is -0.260. The first-order valence-corrected chi connectivity index (χ1v) is 8.97. The molecular formula is C22H19ClN4O. The minimum absolute atomic E-state index is 0.260. The van der Waals surface area contributed by atoms with Gasteiger partial charge in [-0.3, -0.25) is 9.78 Å². The highest BCUT2D eigenvalue weighted by molar-refractivity contribution is 6.33. The Balaban J connectivity index is 1.71. The van der Waals surface area contributed by atoms with Gasteiger partial charge >= 0.3 is 0 Å². The summed E-state index contributed by atoms with van der Waals surface area (Å²) in [5.41, 5.74) is 3.42. The largest absolute Gasteiger partial charge is 0.366 e. The Kier molecular flexibility index (Phi) is 6.19. The second kappa shape index (κ2) is 8.97. The highest BCUT2D eigenvalue weighted by Crippen LogP contribution is 2.29. The van der Waals surface area contributed by atoms with E-state index in [2.05, 4.69) is 33.8 Å². The van der Waals surface area contributed by atoms with Crippen molar-refractivity contribution in [2.45, 2.75) is 0 Å². The van der Waals surface area contributed by atoms with Crippen LogP contribution >= 0.6 is 11.6 Å². The van der Waals surface area contributed by atoms with Crippen molar-refractivity contribution in [3.63, 3.8) is 0 Å². The molecule has 0 aliphatic rings. The monoisotopic (exact) mass is 390 g/mol. The van der Waals surface area contributed by atoms with Gasteiger partial charge in [0.05, 0.1) is 16.3 Å². The average Bonchev–Trinajstić information content (AvgIpc) is 2.74. The number of benzene rings is 1. The standard InChI is InChI=1S/C22H19ClN4O/c1-3-15(2)13-25-21-10-7-16(14-26-21)22(28)27-17-8-9-19(23)18(12-17)20-6-4-5-11-24-20/h3-12,14H,1-2,13H2,(H,25,26)(H,27,28). The van der Waals surface area contributed by atoms with E-state index in [1.54, 1.807) is 42.6 Å². The number of hydrogen-bond acceptors (Lipinski definition) is 4. The maximum Gasteiger partial charge on any atom is 0.257 e. The fourth-order valence-electron chi connectivity index (χ4n) is 2.43. The molecule has 28 heavy (non-hydrogen) atoms. The van der Waals surface area contributed by atoms with Crippen molar-refractivity contribution in [3.05, 3.63) is 96.3 Å². The molecule has 0 unspecified atom stereocenters. The van der Waals surface area contributed by atoms with Crippen LogP contribution in [-0.2, 0) is 0 Å². The lowest BCUT2D eigenvalue weighted by Crippen LogP contribution is -2.13. The summed E-state index contributed by atoms with van der Waals surface area (Å²) in [5, 5.41) is 6.53. The highest BCUT2D eigenvalue weighted by atomic mass is 35.5. The summed E-state index contributed by atoms with van der Waals surface area (Å²) in [6, 6.07) is 14.3. The molecule has 0 fully saturated rings. The Hall–Kier alpha value is -3.44. The van der Waals surface area contributed by atoms with Crippen LogP contribution in [0.1, 0.15) is 10.4 Å². The molecule has 1 aromatic carbocycles. The molecule has 2 aromatic heterocycles. The highest BCUT2D eigenvalue weighted by Gasteiger charge is 2.10. The van der Waals surface area contributed by atoms with Crippen LogP contribution in [-0.4, -0.2) is 22.4 Å². The topological polar surface area (TPSA) is 66.9 Å². The first-order chi connectivity index (χ1) is 13.6. The Bertz CT molecular complexity index is 1000. The summed E-state index contributed by atoms with van der Waals surface area (Å²) in [5.74, 6) is 0.396. The molecule has 3 aromatic rings. The molecule has 0 saturated heterocycles. The maximum atomic E-state index is 12.5. The Labute approximate surface area is 168 Å². The second-order valence-electron chi connectivity index (χ2n) is 6.01. The molecule has 0 radical (unpaired) electrons. The molecule has 5 nitrogen and oxygen atoms in total. The van der Waals surface area contributed by atoms with Gasteiger partial charge in [-0.05, 0) is 48.0 Å². The van der Waals surface area contributed by atoms with Gasteiger partial charge in [-0.1, -0.05) is 36.9 Å². The maximum absolute atomic E-state index is 12.5. The summed E-state index contributed by atoms with van der Waals surface area (Å²) in [6.07, 6.45) is 4.90. The van der Waals surface area contributed by atoms with Gasteiger partial charge in [0.2, 0.25) is 0 Å². The van der Waals surface area contributed by atoms with Crippen LogP contribution in [0.25, 0.3) is 11.3 Å². The number of nitrogens with zero attached hydrogens (tertiary/aromatic N) is 2. The van der Waals surface area contributed by atoms with Crippen molar-refractivity contribution in [2.24, 2.45) is 0 Å². The number of rotatable bonds is 7. The van der Waals surface area contributed by atoms with Crippen LogP contribution < -0.4 is 10.6 Å². The Morgan fingerprint density at radius 3 is 2.68 bits per heavy atom. The summed E-state index contributed by atoms with van der Waals surface area (Å²) >= 11 is 6.28. The summed E-state index contributed by atoms with van der Waals surface area (Å²) in [7, 11) is 0. The van der Waals surface area contributed by atoms with Gasteiger partial charge in [0.25, 0.3) is 5.91 Å². The van der Waals surface area contributed by atoms with E-state index in [0.29, 0.717) is 28.6 Å². The quantitative estimate of drug-likeness (QED) is 0.544. The van der Waals surface area contributed by atoms with E-state index in [1.807, 2.05) is 18.2 Å². The fourth-order valence-corrected chi connectivity index (χ4v) is 2.65. The third-order valence-electron chi connectivity index (χ3n) is 3.98. The lowest BCUT2D eigenvalue weighted by molar-refractivity contribution is 0.102. The lowest BCUT2D eigenvalue weighted by atomic mass is 10.1. The van der Waals surface area contributed by atoms with Gasteiger partial charge in [-0.25, -0.2) is 4.98 Å². The molecule has 3 rings (SSSR count). The molecule has 0 aliphatic carbocycles. The minimum Gasteiger partial charge on any atom is -0.366 e. The van der Waals surface area contributed by atoms with E-state index < -0.39 is 0 Å². The summed E-state index contributed by atoms with van der Waals surface area (Å²) in [4.78, 5) is 21.1. The number of carbonyl (C=O) groups is 1. The first kappa shape index (κ1) is 19.3. The Morgan fingerprint density at radius 2 is 2.00 bits per heavy atom. The number of pyridine rings is 2. The van der Waals surface area contributed by atoms with Gasteiger partial charge in [-0.2, -0.15) is 0 Å². The van der Waals surface area contributed by atoms with Gasteiger partial charge in [0.15, 0.2) is 0 Å². The van der Waals surface area contributed by atoms with Gasteiger partial charge in [0, 0.05) is 30.2 Å². The normalized spacial score (nSPS) is 10.2. The smallest absolute Gasteiger partial charge is 0.257 e. The SMILES string of the molecule is C=CC(=C)CNc1ccc(C(=O)Nc2ccc(Cl)c(-c3ccccn3)c2)cn1. The number of nitrogens with one attached hydrogen (secondary N) is 2. The molecule has 0 atom stereocenters.